The minimum atomic E-state index is 0.998. The van der Waals surface area contributed by atoms with Gasteiger partial charge in [-0.05, 0) is 25.1 Å². The molecule has 0 saturated heterocycles. The Balaban J connectivity index is 2.60. The lowest BCUT2D eigenvalue weighted by atomic mass is 10.2. The predicted molar refractivity (Wildman–Crippen MR) is 79.9 cm³/mol. The quantitative estimate of drug-likeness (QED) is 0.691. The summed E-state index contributed by atoms with van der Waals surface area (Å²) in [5.41, 5.74) is 1.33. The average molecular weight is 272 g/mol. The van der Waals surface area contributed by atoms with Gasteiger partial charge in [0.2, 0.25) is 0 Å². The fourth-order valence-corrected chi connectivity index (χ4v) is 3.45. The lowest BCUT2D eigenvalue weighted by molar-refractivity contribution is 0.674. The summed E-state index contributed by atoms with van der Waals surface area (Å²) < 4.78 is 0. The Bertz CT molecular complexity index is 310. The van der Waals surface area contributed by atoms with Crippen molar-refractivity contribution in [3.05, 3.63) is 15.6 Å². The zero-order chi connectivity index (χ0) is 12.5. The van der Waals surface area contributed by atoms with Crippen LogP contribution in [-0.2, 0) is 18.7 Å². The van der Waals surface area contributed by atoms with Crippen LogP contribution in [0.1, 0.15) is 49.2 Å². The molecular weight excluding hydrogens is 248 g/mol. The van der Waals surface area contributed by atoms with Crippen molar-refractivity contribution < 1.29 is 0 Å². The number of thioether (sulfide) groups is 1. The van der Waals surface area contributed by atoms with Crippen LogP contribution in [0.5, 0.6) is 0 Å². The molecule has 0 aliphatic rings. The van der Waals surface area contributed by atoms with Gasteiger partial charge in [0.1, 0.15) is 5.01 Å². The average Bonchev–Trinajstić information content (AvgIpc) is 2.70. The SMILES string of the molecule is CCCNCc1sc(CSCC)nc1CCC. The first kappa shape index (κ1) is 15.0. The Labute approximate surface area is 114 Å². The Kier molecular flexibility index (Phi) is 7.90. The monoisotopic (exact) mass is 272 g/mol. The van der Waals surface area contributed by atoms with E-state index in [1.54, 1.807) is 0 Å². The Morgan fingerprint density at radius 1 is 1.24 bits per heavy atom. The molecule has 4 heteroatoms. The van der Waals surface area contributed by atoms with Crippen molar-refractivity contribution in [1.82, 2.24) is 10.3 Å². The molecule has 0 aliphatic heterocycles. The van der Waals surface area contributed by atoms with Gasteiger partial charge in [-0.2, -0.15) is 11.8 Å². The molecule has 0 unspecified atom stereocenters. The third-order valence-corrected chi connectivity index (χ3v) is 4.62. The molecule has 0 amide bonds. The van der Waals surface area contributed by atoms with Gasteiger partial charge < -0.3 is 5.32 Å². The summed E-state index contributed by atoms with van der Waals surface area (Å²) in [4.78, 5) is 6.22. The fourth-order valence-electron chi connectivity index (χ4n) is 1.64. The zero-order valence-electron chi connectivity index (χ0n) is 11.2. The van der Waals surface area contributed by atoms with Crippen LogP contribution in [0.2, 0.25) is 0 Å². The highest BCUT2D eigenvalue weighted by Crippen LogP contribution is 2.23. The van der Waals surface area contributed by atoms with Gasteiger partial charge in [0.25, 0.3) is 0 Å². The first-order valence-electron chi connectivity index (χ1n) is 6.57. The van der Waals surface area contributed by atoms with E-state index in [4.69, 9.17) is 4.98 Å². The molecule has 17 heavy (non-hydrogen) atoms. The van der Waals surface area contributed by atoms with Crippen LogP contribution in [0.25, 0.3) is 0 Å². The first-order chi connectivity index (χ1) is 8.31. The molecule has 1 N–H and O–H groups in total. The van der Waals surface area contributed by atoms with Crippen molar-refractivity contribution in [3.8, 4) is 0 Å². The van der Waals surface area contributed by atoms with Crippen molar-refractivity contribution in [2.75, 3.05) is 12.3 Å². The van der Waals surface area contributed by atoms with E-state index >= 15 is 0 Å². The number of aromatic nitrogens is 1. The van der Waals surface area contributed by atoms with Crippen LogP contribution in [0.3, 0.4) is 0 Å². The summed E-state index contributed by atoms with van der Waals surface area (Å²) in [7, 11) is 0. The Morgan fingerprint density at radius 2 is 2.06 bits per heavy atom. The van der Waals surface area contributed by atoms with E-state index < -0.39 is 0 Å². The predicted octanol–water partition coefficient (Wildman–Crippen LogP) is 3.85. The highest BCUT2D eigenvalue weighted by Gasteiger charge is 2.09. The van der Waals surface area contributed by atoms with E-state index in [1.807, 2.05) is 23.1 Å². The molecule has 98 valence electrons. The molecule has 1 heterocycles. The van der Waals surface area contributed by atoms with E-state index in [-0.39, 0.29) is 0 Å². The number of aryl methyl sites for hydroxylation is 1. The number of hydrogen-bond acceptors (Lipinski definition) is 4. The Morgan fingerprint density at radius 3 is 2.71 bits per heavy atom. The standard InChI is InChI=1S/C13H24N2S2/c1-4-7-11-12(9-14-8-5-2)17-13(15-11)10-16-6-3/h14H,4-10H2,1-3H3. The van der Waals surface area contributed by atoms with Gasteiger partial charge in [0.05, 0.1) is 5.69 Å². The van der Waals surface area contributed by atoms with Gasteiger partial charge in [0, 0.05) is 17.2 Å². The van der Waals surface area contributed by atoms with Crippen molar-refractivity contribution in [3.63, 3.8) is 0 Å². The first-order valence-corrected chi connectivity index (χ1v) is 8.54. The van der Waals surface area contributed by atoms with Crippen LogP contribution >= 0.6 is 23.1 Å². The van der Waals surface area contributed by atoms with Gasteiger partial charge in [-0.15, -0.1) is 11.3 Å². The third kappa shape index (κ3) is 5.40. The fraction of sp³-hybridized carbons (Fsp3) is 0.769. The second kappa shape index (κ2) is 8.95. The summed E-state index contributed by atoms with van der Waals surface area (Å²) in [5.74, 6) is 2.25. The van der Waals surface area contributed by atoms with Crippen molar-refractivity contribution in [2.45, 2.75) is 52.3 Å². The summed E-state index contributed by atoms with van der Waals surface area (Å²) in [5, 5.41) is 4.78. The molecular formula is C13H24N2S2. The topological polar surface area (TPSA) is 24.9 Å². The molecule has 2 nitrogen and oxygen atoms in total. The van der Waals surface area contributed by atoms with E-state index in [2.05, 4.69) is 26.1 Å². The maximum atomic E-state index is 4.77. The van der Waals surface area contributed by atoms with Crippen molar-refractivity contribution in [2.24, 2.45) is 0 Å². The normalized spacial score (nSPS) is 11.0. The van der Waals surface area contributed by atoms with E-state index in [9.17, 15) is 0 Å². The molecule has 1 rings (SSSR count). The summed E-state index contributed by atoms with van der Waals surface area (Å²) in [6.45, 7) is 8.73. The van der Waals surface area contributed by atoms with Crippen LogP contribution in [0.15, 0.2) is 0 Å². The van der Waals surface area contributed by atoms with Crippen molar-refractivity contribution in [1.29, 1.82) is 0 Å². The van der Waals surface area contributed by atoms with Gasteiger partial charge >= 0.3 is 0 Å². The molecule has 0 spiro atoms. The number of rotatable bonds is 9. The number of nitrogens with zero attached hydrogens (tertiary/aromatic N) is 1. The van der Waals surface area contributed by atoms with E-state index in [1.165, 1.54) is 34.2 Å². The maximum absolute atomic E-state index is 4.77. The third-order valence-electron chi connectivity index (χ3n) is 2.45. The number of nitrogens with one attached hydrogen (secondary N) is 1. The molecule has 0 atom stereocenters. The smallest absolute Gasteiger partial charge is 0.103 e. The second-order valence-corrected chi connectivity index (χ2v) is 6.48. The van der Waals surface area contributed by atoms with Crippen LogP contribution in [-0.4, -0.2) is 17.3 Å². The minimum absolute atomic E-state index is 0.998. The molecule has 1 aromatic heterocycles. The molecule has 0 aromatic carbocycles. The lowest BCUT2D eigenvalue weighted by Gasteiger charge is -2.02. The lowest BCUT2D eigenvalue weighted by Crippen LogP contribution is -2.13. The molecule has 0 radical (unpaired) electrons. The molecule has 0 bridgehead atoms. The van der Waals surface area contributed by atoms with Crippen LogP contribution in [0, 0.1) is 0 Å². The van der Waals surface area contributed by atoms with E-state index in [0.717, 1.165) is 25.3 Å². The van der Waals surface area contributed by atoms with Crippen LogP contribution in [0.4, 0.5) is 0 Å². The Hall–Kier alpha value is -0.0600. The molecule has 0 saturated carbocycles. The molecule has 1 aromatic rings. The zero-order valence-corrected chi connectivity index (χ0v) is 12.8. The maximum Gasteiger partial charge on any atom is 0.103 e. The largest absolute Gasteiger partial charge is 0.312 e. The van der Waals surface area contributed by atoms with Gasteiger partial charge in [-0.25, -0.2) is 4.98 Å². The van der Waals surface area contributed by atoms with Gasteiger partial charge in [-0.1, -0.05) is 27.2 Å². The molecule has 0 fully saturated rings. The second-order valence-electron chi connectivity index (χ2n) is 4.04. The van der Waals surface area contributed by atoms with Gasteiger partial charge in [-0.3, -0.25) is 0 Å². The van der Waals surface area contributed by atoms with Crippen molar-refractivity contribution >= 4 is 23.1 Å². The van der Waals surface area contributed by atoms with Gasteiger partial charge in [0.15, 0.2) is 0 Å². The minimum Gasteiger partial charge on any atom is -0.312 e. The van der Waals surface area contributed by atoms with Crippen LogP contribution < -0.4 is 5.32 Å². The summed E-state index contributed by atoms with van der Waals surface area (Å²) in [6.07, 6.45) is 3.50. The number of thiazole rings is 1. The highest BCUT2D eigenvalue weighted by molar-refractivity contribution is 7.98. The number of hydrogen-bond donors (Lipinski definition) is 1. The molecule has 0 aliphatic carbocycles. The van der Waals surface area contributed by atoms with E-state index in [0.29, 0.717) is 0 Å². The highest BCUT2D eigenvalue weighted by atomic mass is 32.2. The summed E-state index contributed by atoms with van der Waals surface area (Å²) in [6, 6.07) is 0. The summed E-state index contributed by atoms with van der Waals surface area (Å²) >= 11 is 3.85.